The Morgan fingerprint density at radius 2 is 1.44 bits per heavy atom. The van der Waals surface area contributed by atoms with E-state index >= 15 is 0 Å². The van der Waals surface area contributed by atoms with Crippen molar-refractivity contribution in [1.29, 1.82) is 0 Å². The minimum atomic E-state index is -5.29. The van der Waals surface area contributed by atoms with Crippen LogP contribution in [0.15, 0.2) is 56.4 Å². The van der Waals surface area contributed by atoms with Crippen molar-refractivity contribution in [1.82, 2.24) is 0 Å². The van der Waals surface area contributed by atoms with Crippen LogP contribution in [-0.2, 0) is 20.2 Å². The first kappa shape index (κ1) is 29.1. The Kier molecular flexibility index (Phi) is 9.56. The zero-order chi connectivity index (χ0) is 22.4. The molecule has 0 unspecified atom stereocenters. The van der Waals surface area contributed by atoms with Crippen LogP contribution in [0, 0.1) is 0 Å². The molecule has 3 aromatic rings. The number of benzene rings is 3. The maximum Gasteiger partial charge on any atom is 1.00 e. The zero-order valence-corrected chi connectivity index (χ0v) is 22.7. The van der Waals surface area contributed by atoms with Crippen molar-refractivity contribution >= 4 is 54.0 Å². The first-order valence-electron chi connectivity index (χ1n) is 7.64. The van der Waals surface area contributed by atoms with Crippen molar-refractivity contribution < 1.29 is 100 Å². The summed E-state index contributed by atoms with van der Waals surface area (Å²) in [5, 5.41) is 36.5. The Balaban J connectivity index is 0.00000256. The number of fused-ring (bicyclic) bond motifs is 1. The summed E-state index contributed by atoms with van der Waals surface area (Å²) in [4.78, 5) is -2.03. The normalized spacial score (nSPS) is 11.8. The van der Waals surface area contributed by atoms with Gasteiger partial charge in [-0.3, -0.25) is 0 Å². The van der Waals surface area contributed by atoms with E-state index in [9.17, 15) is 41.3 Å². The fraction of sp³-hybridized carbons (Fsp3) is 0. The van der Waals surface area contributed by atoms with Crippen LogP contribution in [0.5, 0.6) is 17.2 Å². The molecular weight excluding hydrogens is 510 g/mol. The van der Waals surface area contributed by atoms with Crippen LogP contribution in [-0.4, -0.2) is 41.3 Å². The fourth-order valence-electron chi connectivity index (χ4n) is 2.55. The standard InChI is InChI=1S/C16H11ClN2O9S2.2Na/c17-8-1-2-11(20)10(5-8)18-19-15-13(30(26,27)28)4-7-3-9(29(23,24)25)6-12(21)14(7)16(15)22;;/h1-6,20-22H,(H,23,24,25)(H,26,27,28);;/q;2*+1/p-2/b19-18+;;. The average molecular weight is 519 g/mol. The third-order valence-corrected chi connectivity index (χ3v) is 5.75. The number of hydrogen-bond donors (Lipinski definition) is 3. The van der Waals surface area contributed by atoms with Gasteiger partial charge in [0.25, 0.3) is 0 Å². The van der Waals surface area contributed by atoms with E-state index in [1.54, 1.807) is 0 Å². The molecule has 158 valence electrons. The quantitative estimate of drug-likeness (QED) is 0.181. The first-order valence-corrected chi connectivity index (χ1v) is 10.8. The van der Waals surface area contributed by atoms with Crippen LogP contribution < -0.4 is 59.1 Å². The summed E-state index contributed by atoms with van der Waals surface area (Å²) in [6.07, 6.45) is 0. The van der Waals surface area contributed by atoms with Crippen LogP contribution >= 0.6 is 11.6 Å². The summed E-state index contributed by atoms with van der Waals surface area (Å²) in [7, 11) is -10.3. The number of phenolic OH excluding ortho intramolecular Hbond substituents is 3. The Hall–Kier alpha value is -0.970. The molecular formula is C16H9ClN2Na2O9S2. The van der Waals surface area contributed by atoms with E-state index in [4.69, 9.17) is 11.6 Å². The minimum Gasteiger partial charge on any atom is -0.744 e. The molecule has 3 aromatic carbocycles. The van der Waals surface area contributed by atoms with Gasteiger partial charge in [-0.2, -0.15) is 0 Å². The molecule has 0 spiro atoms. The Morgan fingerprint density at radius 3 is 2.00 bits per heavy atom. The van der Waals surface area contributed by atoms with E-state index in [1.165, 1.54) is 12.1 Å². The summed E-state index contributed by atoms with van der Waals surface area (Å²) in [6, 6.07) is 5.50. The van der Waals surface area contributed by atoms with Gasteiger partial charge in [-0.1, -0.05) is 11.6 Å². The van der Waals surface area contributed by atoms with Crippen LogP contribution in [0.1, 0.15) is 0 Å². The van der Waals surface area contributed by atoms with E-state index in [2.05, 4.69) is 10.2 Å². The predicted molar refractivity (Wildman–Crippen MR) is 100 cm³/mol. The Labute approximate surface area is 230 Å². The van der Waals surface area contributed by atoms with Crippen LogP contribution in [0.2, 0.25) is 5.02 Å². The minimum absolute atomic E-state index is 0. The van der Waals surface area contributed by atoms with Gasteiger partial charge in [0.05, 0.1) is 15.2 Å². The van der Waals surface area contributed by atoms with Crippen molar-refractivity contribution in [2.24, 2.45) is 10.2 Å². The topological polar surface area (TPSA) is 200 Å². The molecule has 0 aliphatic rings. The monoisotopic (exact) mass is 518 g/mol. The molecule has 0 heterocycles. The van der Waals surface area contributed by atoms with E-state index in [1.807, 2.05) is 0 Å². The molecule has 11 nitrogen and oxygen atoms in total. The first-order chi connectivity index (χ1) is 13.8. The van der Waals surface area contributed by atoms with Crippen molar-refractivity contribution in [3.8, 4) is 17.2 Å². The average Bonchev–Trinajstić information content (AvgIpc) is 2.61. The van der Waals surface area contributed by atoms with Crippen LogP contribution in [0.4, 0.5) is 11.4 Å². The molecule has 0 aromatic heterocycles. The van der Waals surface area contributed by atoms with E-state index in [-0.39, 0.29) is 69.8 Å². The van der Waals surface area contributed by atoms with Gasteiger partial charge in [0.15, 0.2) is 5.75 Å². The number of aromatic hydroxyl groups is 3. The van der Waals surface area contributed by atoms with Gasteiger partial charge >= 0.3 is 59.1 Å². The zero-order valence-electron chi connectivity index (χ0n) is 16.3. The van der Waals surface area contributed by atoms with Gasteiger partial charge < -0.3 is 24.4 Å². The number of phenols is 3. The molecule has 32 heavy (non-hydrogen) atoms. The van der Waals surface area contributed by atoms with E-state index in [0.717, 1.165) is 6.07 Å². The molecule has 0 saturated carbocycles. The third kappa shape index (κ3) is 6.12. The number of hydrogen-bond acceptors (Lipinski definition) is 11. The second-order valence-electron chi connectivity index (χ2n) is 5.85. The van der Waals surface area contributed by atoms with Crippen LogP contribution in [0.3, 0.4) is 0 Å². The second-order valence-corrected chi connectivity index (χ2v) is 9.02. The van der Waals surface area contributed by atoms with Gasteiger partial charge in [-0.05, 0) is 41.8 Å². The summed E-state index contributed by atoms with van der Waals surface area (Å²) in [6.45, 7) is 0. The maximum absolute atomic E-state index is 11.7. The van der Waals surface area contributed by atoms with Crippen LogP contribution in [0.25, 0.3) is 10.8 Å². The fourth-order valence-corrected chi connectivity index (χ4v) is 3.89. The molecule has 0 bridgehead atoms. The molecule has 0 radical (unpaired) electrons. The summed E-state index contributed by atoms with van der Waals surface area (Å²) in [5.74, 6) is -2.32. The molecule has 0 aliphatic heterocycles. The molecule has 3 rings (SSSR count). The van der Waals surface area contributed by atoms with Gasteiger partial charge in [0.2, 0.25) is 0 Å². The van der Waals surface area contributed by atoms with Gasteiger partial charge in [0, 0.05) is 5.02 Å². The SMILES string of the molecule is O=S(=O)([O-])c1cc(O)c2c(O)c(/N=N/c3cc(Cl)ccc3O)c(S(=O)(=O)[O-])cc2c1.[Na+].[Na+]. The number of nitrogens with zero attached hydrogens (tertiary/aromatic N) is 2. The maximum atomic E-state index is 11.7. The predicted octanol–water partition coefficient (Wildman–Crippen LogP) is -3.16. The largest absolute Gasteiger partial charge is 1.00 e. The van der Waals surface area contributed by atoms with Crippen molar-refractivity contribution in [2.45, 2.75) is 9.79 Å². The number of azo groups is 1. The Morgan fingerprint density at radius 1 is 0.812 bits per heavy atom. The molecule has 16 heteroatoms. The van der Waals surface area contributed by atoms with Gasteiger partial charge in [-0.25, -0.2) is 16.8 Å². The smallest absolute Gasteiger partial charge is 0.744 e. The molecule has 0 saturated heterocycles. The van der Waals surface area contributed by atoms with Gasteiger partial charge in [-0.15, -0.1) is 10.2 Å². The van der Waals surface area contributed by atoms with Crippen molar-refractivity contribution in [3.05, 3.63) is 41.4 Å². The van der Waals surface area contributed by atoms with Crippen molar-refractivity contribution in [3.63, 3.8) is 0 Å². The number of halogens is 1. The van der Waals surface area contributed by atoms with Gasteiger partial charge in [0.1, 0.15) is 43.1 Å². The molecule has 0 atom stereocenters. The van der Waals surface area contributed by atoms with Crippen molar-refractivity contribution in [2.75, 3.05) is 0 Å². The molecule has 0 amide bonds. The summed E-state index contributed by atoms with van der Waals surface area (Å²) >= 11 is 5.77. The molecule has 3 N–H and O–H groups in total. The van der Waals surface area contributed by atoms with E-state index in [0.29, 0.717) is 18.2 Å². The second kappa shape index (κ2) is 10.5. The number of rotatable bonds is 4. The summed E-state index contributed by atoms with van der Waals surface area (Å²) < 4.78 is 68.6. The molecule has 0 fully saturated rings. The molecule has 0 aliphatic carbocycles. The Bertz CT molecular complexity index is 1450. The third-order valence-electron chi connectivity index (χ3n) is 3.86. The summed E-state index contributed by atoms with van der Waals surface area (Å²) in [5.41, 5.74) is -1.11. The van der Waals surface area contributed by atoms with E-state index < -0.39 is 63.7 Å².